The Kier molecular flexibility index (Phi) is 5.69. The van der Waals surface area contributed by atoms with E-state index >= 15 is 0 Å². The molecule has 4 heterocycles. The van der Waals surface area contributed by atoms with Gasteiger partial charge in [0.05, 0.1) is 6.04 Å². The lowest BCUT2D eigenvalue weighted by Crippen LogP contribution is -2.29. The average Bonchev–Trinajstić information content (AvgIpc) is 3.49. The molecule has 0 aliphatic carbocycles. The van der Waals surface area contributed by atoms with Gasteiger partial charge in [0.1, 0.15) is 34.5 Å². The summed E-state index contributed by atoms with van der Waals surface area (Å²) in [7, 11) is 0. The molecule has 4 aromatic rings. The minimum absolute atomic E-state index is 0.123. The Hall–Kier alpha value is -4.60. The maximum atomic E-state index is 13.4. The molecule has 5 rings (SSSR count). The summed E-state index contributed by atoms with van der Waals surface area (Å²) >= 11 is 0. The standard InChI is InChI=1S/C25H22FN7O2/c1-2-20(34)32-12-3-4-18(32)24-31-21(22-23(27)29-11-13-33(22)24)15-5-7-16(8-6-15)25(35)30-19-14-17(26)9-10-28-19/h2,5-11,13-14,18H,1,3-4,12H2,(H2,27,29)(H,28,30,35). The number of fused-ring (bicyclic) bond motifs is 1. The van der Waals surface area contributed by atoms with Crippen LogP contribution in [-0.4, -0.2) is 42.6 Å². The predicted octanol–water partition coefficient (Wildman–Crippen LogP) is 3.61. The van der Waals surface area contributed by atoms with Crippen molar-refractivity contribution in [2.24, 2.45) is 0 Å². The Balaban J connectivity index is 1.50. The molecule has 1 aliphatic rings. The first-order chi connectivity index (χ1) is 17.0. The van der Waals surface area contributed by atoms with Crippen LogP contribution in [0.5, 0.6) is 0 Å². The van der Waals surface area contributed by atoms with Gasteiger partial charge in [-0.1, -0.05) is 18.7 Å². The fourth-order valence-electron chi connectivity index (χ4n) is 4.38. The number of aromatic nitrogens is 4. The molecule has 1 unspecified atom stereocenters. The van der Waals surface area contributed by atoms with Gasteiger partial charge >= 0.3 is 0 Å². The highest BCUT2D eigenvalue weighted by Crippen LogP contribution is 2.36. The maximum absolute atomic E-state index is 13.4. The molecule has 0 radical (unpaired) electrons. The van der Waals surface area contributed by atoms with Crippen molar-refractivity contribution < 1.29 is 14.0 Å². The van der Waals surface area contributed by atoms with Gasteiger partial charge in [-0.15, -0.1) is 0 Å². The fourth-order valence-corrected chi connectivity index (χ4v) is 4.38. The minimum Gasteiger partial charge on any atom is -0.382 e. The molecule has 3 N–H and O–H groups in total. The summed E-state index contributed by atoms with van der Waals surface area (Å²) in [5, 5.41) is 2.57. The van der Waals surface area contributed by atoms with Gasteiger partial charge in [-0.2, -0.15) is 0 Å². The highest BCUT2D eigenvalue weighted by Gasteiger charge is 2.33. The Morgan fingerprint density at radius 3 is 2.71 bits per heavy atom. The number of hydrogen-bond acceptors (Lipinski definition) is 6. The maximum Gasteiger partial charge on any atom is 0.256 e. The lowest BCUT2D eigenvalue weighted by atomic mass is 10.1. The van der Waals surface area contributed by atoms with Crippen molar-refractivity contribution in [3.63, 3.8) is 0 Å². The van der Waals surface area contributed by atoms with E-state index in [9.17, 15) is 14.0 Å². The molecule has 1 atom stereocenters. The molecule has 1 fully saturated rings. The number of hydrogen-bond donors (Lipinski definition) is 2. The first-order valence-electron chi connectivity index (χ1n) is 11.0. The molecule has 1 saturated heterocycles. The van der Waals surface area contributed by atoms with E-state index in [-0.39, 0.29) is 17.8 Å². The van der Waals surface area contributed by atoms with Crippen LogP contribution in [0.25, 0.3) is 16.8 Å². The van der Waals surface area contributed by atoms with Crippen LogP contribution in [0.3, 0.4) is 0 Å². The number of rotatable bonds is 5. The van der Waals surface area contributed by atoms with E-state index in [1.54, 1.807) is 41.6 Å². The number of nitrogens with two attached hydrogens (primary N) is 1. The molecular weight excluding hydrogens is 449 g/mol. The van der Waals surface area contributed by atoms with Gasteiger partial charge in [-0.3, -0.25) is 14.0 Å². The SMILES string of the molecule is C=CC(=O)N1CCCC1c1nc(-c2ccc(C(=O)Nc3cc(F)ccn3)cc2)c2c(N)nccn12. The Morgan fingerprint density at radius 2 is 1.97 bits per heavy atom. The number of amides is 2. The number of carbonyl (C=O) groups excluding carboxylic acids is 2. The largest absolute Gasteiger partial charge is 0.382 e. The number of imidazole rings is 1. The second kappa shape index (κ2) is 8.98. The third-order valence-electron chi connectivity index (χ3n) is 6.00. The van der Waals surface area contributed by atoms with Crippen molar-refractivity contribution in [2.75, 3.05) is 17.6 Å². The molecule has 0 spiro atoms. The molecule has 3 aromatic heterocycles. The van der Waals surface area contributed by atoms with Crippen LogP contribution in [-0.2, 0) is 4.79 Å². The van der Waals surface area contributed by atoms with E-state index in [2.05, 4.69) is 21.9 Å². The zero-order valence-electron chi connectivity index (χ0n) is 18.7. The second-order valence-corrected chi connectivity index (χ2v) is 8.13. The van der Waals surface area contributed by atoms with Gasteiger partial charge < -0.3 is 16.0 Å². The number of benzene rings is 1. The number of pyridine rings is 1. The molecule has 176 valence electrons. The fraction of sp³-hybridized carbons (Fsp3) is 0.160. The predicted molar refractivity (Wildman–Crippen MR) is 129 cm³/mol. The number of nitrogen functional groups attached to an aromatic ring is 1. The third-order valence-corrected chi connectivity index (χ3v) is 6.00. The molecule has 35 heavy (non-hydrogen) atoms. The van der Waals surface area contributed by atoms with Crippen LogP contribution in [0.2, 0.25) is 0 Å². The van der Waals surface area contributed by atoms with Crippen molar-refractivity contribution in [3.05, 3.63) is 84.8 Å². The summed E-state index contributed by atoms with van der Waals surface area (Å²) < 4.78 is 15.2. The monoisotopic (exact) mass is 471 g/mol. The normalized spacial score (nSPS) is 15.3. The third kappa shape index (κ3) is 4.10. The summed E-state index contributed by atoms with van der Waals surface area (Å²) in [6, 6.07) is 8.93. The number of halogens is 1. The van der Waals surface area contributed by atoms with Gasteiger partial charge in [-0.25, -0.2) is 19.3 Å². The van der Waals surface area contributed by atoms with Crippen molar-refractivity contribution in [1.29, 1.82) is 0 Å². The van der Waals surface area contributed by atoms with E-state index in [1.807, 2.05) is 4.40 Å². The van der Waals surface area contributed by atoms with Crippen LogP contribution in [0.1, 0.15) is 35.1 Å². The van der Waals surface area contributed by atoms with Gasteiger partial charge in [0, 0.05) is 42.3 Å². The van der Waals surface area contributed by atoms with Crippen LogP contribution in [0.4, 0.5) is 16.0 Å². The zero-order valence-corrected chi connectivity index (χ0v) is 18.7. The van der Waals surface area contributed by atoms with Crippen LogP contribution < -0.4 is 11.1 Å². The Morgan fingerprint density at radius 1 is 1.17 bits per heavy atom. The molecular formula is C25H22FN7O2. The van der Waals surface area contributed by atoms with E-state index in [0.29, 0.717) is 35.0 Å². The number of nitrogens with one attached hydrogen (secondary N) is 1. The Bertz CT molecular complexity index is 1450. The van der Waals surface area contributed by atoms with Crippen LogP contribution in [0, 0.1) is 5.82 Å². The molecule has 1 aromatic carbocycles. The van der Waals surface area contributed by atoms with E-state index in [1.165, 1.54) is 18.3 Å². The van der Waals surface area contributed by atoms with Crippen molar-refractivity contribution >= 4 is 29.0 Å². The molecule has 10 heteroatoms. The smallest absolute Gasteiger partial charge is 0.256 e. The van der Waals surface area contributed by atoms with Crippen molar-refractivity contribution in [3.8, 4) is 11.3 Å². The van der Waals surface area contributed by atoms with Crippen LogP contribution in [0.15, 0.2) is 67.6 Å². The topological polar surface area (TPSA) is 119 Å². The lowest BCUT2D eigenvalue weighted by molar-refractivity contribution is -0.127. The minimum atomic E-state index is -0.491. The number of likely N-dealkylation sites (tertiary alicyclic amines) is 1. The first-order valence-corrected chi connectivity index (χ1v) is 11.0. The summed E-state index contributed by atoms with van der Waals surface area (Å²) in [5.41, 5.74) is 8.56. The highest BCUT2D eigenvalue weighted by atomic mass is 19.1. The Labute approximate surface area is 200 Å². The highest BCUT2D eigenvalue weighted by molar-refractivity contribution is 6.04. The molecule has 0 saturated carbocycles. The van der Waals surface area contributed by atoms with Gasteiger partial charge in [-0.05, 0) is 37.1 Å². The molecule has 9 nitrogen and oxygen atoms in total. The lowest BCUT2D eigenvalue weighted by Gasteiger charge is -2.22. The van der Waals surface area contributed by atoms with Gasteiger partial charge in [0.15, 0.2) is 0 Å². The molecule has 1 aliphatic heterocycles. The van der Waals surface area contributed by atoms with E-state index in [0.717, 1.165) is 24.5 Å². The summed E-state index contributed by atoms with van der Waals surface area (Å²) in [5.74, 6) is 0.0650. The summed E-state index contributed by atoms with van der Waals surface area (Å²) in [6.45, 7) is 4.24. The quantitative estimate of drug-likeness (QED) is 0.429. The number of anilines is 2. The summed E-state index contributed by atoms with van der Waals surface area (Å²) in [6.07, 6.45) is 7.60. The van der Waals surface area contributed by atoms with Crippen LogP contribution >= 0.6 is 0 Å². The van der Waals surface area contributed by atoms with Crippen molar-refractivity contribution in [2.45, 2.75) is 18.9 Å². The number of carbonyl (C=O) groups is 2. The average molecular weight is 471 g/mol. The number of nitrogens with zero attached hydrogens (tertiary/aromatic N) is 5. The first kappa shape index (κ1) is 22.2. The molecule has 2 amide bonds. The van der Waals surface area contributed by atoms with Crippen molar-refractivity contribution in [1.82, 2.24) is 24.3 Å². The summed E-state index contributed by atoms with van der Waals surface area (Å²) in [4.78, 5) is 39.8. The van der Waals surface area contributed by atoms with Gasteiger partial charge in [0.25, 0.3) is 5.91 Å². The molecule has 0 bridgehead atoms. The second-order valence-electron chi connectivity index (χ2n) is 8.13. The van der Waals surface area contributed by atoms with E-state index < -0.39 is 11.7 Å². The van der Waals surface area contributed by atoms with E-state index in [4.69, 9.17) is 10.7 Å². The zero-order chi connectivity index (χ0) is 24.5. The van der Waals surface area contributed by atoms with Gasteiger partial charge in [0.2, 0.25) is 5.91 Å².